The van der Waals surface area contributed by atoms with Gasteiger partial charge in [0.15, 0.2) is 0 Å². The number of hydrogen-bond donors (Lipinski definition) is 2. The van der Waals surface area contributed by atoms with Crippen molar-refractivity contribution in [2.75, 3.05) is 16.8 Å². The van der Waals surface area contributed by atoms with Crippen molar-refractivity contribution in [2.24, 2.45) is 4.99 Å². The molecule has 0 aliphatic carbocycles. The number of fused-ring (bicyclic) bond motifs is 1. The minimum absolute atomic E-state index is 0.145. The van der Waals surface area contributed by atoms with Crippen molar-refractivity contribution in [1.29, 1.82) is 0 Å². The number of nitrogens with one attached hydrogen (secondary N) is 2. The van der Waals surface area contributed by atoms with Gasteiger partial charge in [-0.1, -0.05) is 12.1 Å². The summed E-state index contributed by atoms with van der Waals surface area (Å²) >= 11 is 0. The molecule has 0 bridgehead atoms. The molecule has 1 aliphatic rings. The Balaban J connectivity index is 2.06. The number of allylic oxidation sites excluding steroid dienone is 1. The van der Waals surface area contributed by atoms with Gasteiger partial charge in [0.25, 0.3) is 0 Å². The highest BCUT2D eigenvalue weighted by molar-refractivity contribution is 5.82. The van der Waals surface area contributed by atoms with E-state index < -0.39 is 0 Å². The van der Waals surface area contributed by atoms with E-state index in [2.05, 4.69) is 102 Å². The van der Waals surface area contributed by atoms with Crippen LogP contribution in [0.2, 0.25) is 0 Å². The quantitative estimate of drug-likeness (QED) is 0.743. The first-order valence-electron chi connectivity index (χ1n) is 9.60. The highest BCUT2D eigenvalue weighted by Crippen LogP contribution is 2.47. The van der Waals surface area contributed by atoms with Crippen LogP contribution in [0.5, 0.6) is 0 Å². The molecule has 0 fully saturated rings. The Labute approximate surface area is 162 Å². The van der Waals surface area contributed by atoms with Crippen LogP contribution in [-0.2, 0) is 5.54 Å². The number of H-pyrrole nitrogens is 1. The fourth-order valence-corrected chi connectivity index (χ4v) is 3.90. The van der Waals surface area contributed by atoms with Gasteiger partial charge in [-0.3, -0.25) is 4.99 Å². The number of aromatic amines is 1. The molecule has 1 aliphatic heterocycles. The molecule has 27 heavy (non-hydrogen) atoms. The second-order valence-corrected chi connectivity index (χ2v) is 7.70. The molecule has 2 N–H and O–H groups in total. The fourth-order valence-electron chi connectivity index (χ4n) is 3.90. The van der Waals surface area contributed by atoms with Crippen molar-refractivity contribution in [3.63, 3.8) is 0 Å². The van der Waals surface area contributed by atoms with Crippen LogP contribution in [0.3, 0.4) is 0 Å². The number of benzene rings is 1. The molecule has 0 spiro atoms. The Morgan fingerprint density at radius 1 is 1.19 bits per heavy atom. The molecule has 5 heteroatoms. The molecule has 0 unspecified atom stereocenters. The summed E-state index contributed by atoms with van der Waals surface area (Å²) in [6, 6.07) is 13.1. The van der Waals surface area contributed by atoms with E-state index in [1.165, 1.54) is 17.1 Å². The maximum Gasteiger partial charge on any atom is 0.109 e. The summed E-state index contributed by atoms with van der Waals surface area (Å²) in [6.45, 7) is 10.9. The van der Waals surface area contributed by atoms with E-state index in [9.17, 15) is 0 Å². The topological polar surface area (TPSA) is 46.7 Å². The van der Waals surface area contributed by atoms with E-state index in [1.54, 1.807) is 0 Å². The summed E-state index contributed by atoms with van der Waals surface area (Å²) in [5, 5.41) is 3.36. The maximum atomic E-state index is 4.49. The first-order chi connectivity index (χ1) is 12.9. The van der Waals surface area contributed by atoms with Crippen molar-refractivity contribution in [3.05, 3.63) is 60.2 Å². The van der Waals surface area contributed by atoms with Crippen molar-refractivity contribution in [1.82, 2.24) is 10.3 Å². The Hall–Kier alpha value is -2.69. The van der Waals surface area contributed by atoms with Crippen LogP contribution < -0.4 is 15.1 Å². The minimum atomic E-state index is -0.182. The second-order valence-electron chi connectivity index (χ2n) is 7.70. The van der Waals surface area contributed by atoms with Crippen LogP contribution >= 0.6 is 0 Å². The normalized spacial score (nSPS) is 17.9. The molecule has 2 aromatic rings. The van der Waals surface area contributed by atoms with E-state index in [0.29, 0.717) is 0 Å². The van der Waals surface area contributed by atoms with Gasteiger partial charge in [-0.05, 0) is 65.0 Å². The molecule has 1 atom stereocenters. The van der Waals surface area contributed by atoms with Gasteiger partial charge in [0.05, 0.1) is 16.9 Å². The average Bonchev–Trinajstić information content (AvgIpc) is 3.25. The zero-order valence-corrected chi connectivity index (χ0v) is 17.2. The van der Waals surface area contributed by atoms with Gasteiger partial charge in [0, 0.05) is 31.2 Å². The summed E-state index contributed by atoms with van der Waals surface area (Å²) in [4.78, 5) is 12.7. The van der Waals surface area contributed by atoms with Crippen molar-refractivity contribution in [3.8, 4) is 0 Å². The lowest BCUT2D eigenvalue weighted by Gasteiger charge is -2.42. The zero-order chi connectivity index (χ0) is 19.6. The van der Waals surface area contributed by atoms with Gasteiger partial charge < -0.3 is 20.1 Å². The van der Waals surface area contributed by atoms with E-state index in [4.69, 9.17) is 0 Å². The van der Waals surface area contributed by atoms with E-state index >= 15 is 0 Å². The largest absolute Gasteiger partial charge is 0.374 e. The number of rotatable bonds is 6. The predicted molar refractivity (Wildman–Crippen MR) is 115 cm³/mol. The minimum Gasteiger partial charge on any atom is -0.374 e. The van der Waals surface area contributed by atoms with Gasteiger partial charge in [-0.25, -0.2) is 0 Å². The molecule has 0 radical (unpaired) electrons. The Bertz CT molecular complexity index is 817. The number of aromatic nitrogens is 1. The molecule has 1 aromatic carbocycles. The summed E-state index contributed by atoms with van der Waals surface area (Å²) in [5.74, 6) is 1.03. The van der Waals surface area contributed by atoms with Gasteiger partial charge in [-0.15, -0.1) is 0 Å². The van der Waals surface area contributed by atoms with E-state index in [0.717, 1.165) is 5.82 Å². The Kier molecular flexibility index (Phi) is 5.31. The SMILES string of the molecule is CNC(=CC=NC(C)C)N1c2ccccc2N(C(C)(C)c2ccc[nH]2)[C@@H]1C. The van der Waals surface area contributed by atoms with Gasteiger partial charge in [0.1, 0.15) is 12.0 Å². The van der Waals surface area contributed by atoms with Crippen LogP contribution in [0, 0.1) is 0 Å². The molecule has 5 nitrogen and oxygen atoms in total. The van der Waals surface area contributed by atoms with E-state index in [-0.39, 0.29) is 17.7 Å². The van der Waals surface area contributed by atoms with Crippen LogP contribution in [0.4, 0.5) is 11.4 Å². The molecule has 144 valence electrons. The lowest BCUT2D eigenvalue weighted by Crippen LogP contribution is -2.51. The predicted octanol–water partition coefficient (Wildman–Crippen LogP) is 4.46. The van der Waals surface area contributed by atoms with Crippen molar-refractivity contribution in [2.45, 2.75) is 52.4 Å². The number of anilines is 2. The number of nitrogens with zero attached hydrogens (tertiary/aromatic N) is 3. The van der Waals surface area contributed by atoms with E-state index in [1.807, 2.05) is 19.5 Å². The standard InChI is InChI=1S/C22H31N5/c1-16(2)24-15-13-21(23-6)26-17(3)27(19-11-8-7-10-18(19)26)22(4,5)20-12-9-14-25-20/h7-17,23,25H,1-6H3/t17-/m1/s1. The summed E-state index contributed by atoms with van der Waals surface area (Å²) in [5.41, 5.74) is 3.44. The monoisotopic (exact) mass is 365 g/mol. The first kappa shape index (κ1) is 19.1. The second kappa shape index (κ2) is 7.51. The average molecular weight is 366 g/mol. The highest BCUT2D eigenvalue weighted by Gasteiger charge is 2.43. The Morgan fingerprint density at radius 3 is 2.48 bits per heavy atom. The summed E-state index contributed by atoms with van der Waals surface area (Å²) in [7, 11) is 1.96. The fraction of sp³-hybridized carbons (Fsp3) is 0.409. The Morgan fingerprint density at radius 2 is 1.89 bits per heavy atom. The summed E-state index contributed by atoms with van der Waals surface area (Å²) < 4.78 is 0. The third kappa shape index (κ3) is 3.46. The van der Waals surface area contributed by atoms with Crippen molar-refractivity contribution >= 4 is 17.6 Å². The third-order valence-corrected chi connectivity index (χ3v) is 5.14. The third-order valence-electron chi connectivity index (χ3n) is 5.14. The van der Waals surface area contributed by atoms with Crippen molar-refractivity contribution < 1.29 is 0 Å². The molecule has 0 saturated heterocycles. The number of aliphatic imine (C=N–C) groups is 1. The number of para-hydroxylation sites is 2. The van der Waals surface area contributed by atoms with Crippen LogP contribution in [-0.4, -0.2) is 30.5 Å². The van der Waals surface area contributed by atoms with Crippen LogP contribution in [0.25, 0.3) is 0 Å². The molecule has 1 aromatic heterocycles. The maximum absolute atomic E-state index is 4.49. The highest BCUT2D eigenvalue weighted by atomic mass is 15.5. The molecule has 3 rings (SSSR count). The lowest BCUT2D eigenvalue weighted by atomic mass is 9.97. The van der Waals surface area contributed by atoms with Crippen LogP contribution in [0.15, 0.2) is 59.5 Å². The molecule has 0 amide bonds. The molecule has 2 heterocycles. The zero-order valence-electron chi connectivity index (χ0n) is 17.2. The molecular formula is C22H31N5. The summed E-state index contributed by atoms with van der Waals surface area (Å²) in [6.07, 6.45) is 6.08. The molecule has 0 saturated carbocycles. The van der Waals surface area contributed by atoms with Gasteiger partial charge >= 0.3 is 0 Å². The van der Waals surface area contributed by atoms with Gasteiger partial charge in [-0.2, -0.15) is 0 Å². The molecular weight excluding hydrogens is 334 g/mol. The smallest absolute Gasteiger partial charge is 0.109 e. The van der Waals surface area contributed by atoms with Crippen LogP contribution in [0.1, 0.15) is 40.3 Å². The van der Waals surface area contributed by atoms with Gasteiger partial charge in [0.2, 0.25) is 0 Å². The first-order valence-corrected chi connectivity index (χ1v) is 9.60. The number of hydrogen-bond acceptors (Lipinski definition) is 4. The lowest BCUT2D eigenvalue weighted by molar-refractivity contribution is 0.433.